The SMILES string of the molecule is NC(=O)CC(N)C(=O)NC(CCCN=C(N)N)C(=O)NC(CS)C(=O)NC(CC(=O)O)C(=O)O. The van der Waals surface area contributed by atoms with Crippen LogP contribution >= 0.6 is 12.6 Å². The van der Waals surface area contributed by atoms with Gasteiger partial charge >= 0.3 is 11.9 Å². The number of hydrogen-bond acceptors (Lipinski definition) is 9. The van der Waals surface area contributed by atoms with Crippen LogP contribution in [-0.4, -0.2) is 88.2 Å². The number of carboxylic acid groups (broad SMARTS) is 2. The Hall–Kier alpha value is -3.60. The van der Waals surface area contributed by atoms with Crippen LogP contribution in [-0.2, 0) is 28.8 Å². The number of rotatable bonds is 16. The lowest BCUT2D eigenvalue weighted by Crippen LogP contribution is -2.58. The van der Waals surface area contributed by atoms with E-state index in [1.165, 1.54) is 0 Å². The first-order chi connectivity index (χ1) is 15.8. The Kier molecular flexibility index (Phi) is 13.7. The fraction of sp³-hybridized carbons (Fsp3) is 0.588. The van der Waals surface area contributed by atoms with Crippen molar-refractivity contribution in [2.45, 2.75) is 49.9 Å². The van der Waals surface area contributed by atoms with E-state index < -0.39 is 72.6 Å². The van der Waals surface area contributed by atoms with Gasteiger partial charge in [-0.1, -0.05) is 0 Å². The van der Waals surface area contributed by atoms with E-state index in [1.807, 2.05) is 5.32 Å². The number of aliphatic imine (C=N–C) groups is 1. The molecule has 17 heteroatoms. The summed E-state index contributed by atoms with van der Waals surface area (Å²) in [5, 5.41) is 24.5. The van der Waals surface area contributed by atoms with Crippen molar-refractivity contribution in [3.8, 4) is 0 Å². The first-order valence-corrected chi connectivity index (χ1v) is 10.5. The Morgan fingerprint density at radius 3 is 1.82 bits per heavy atom. The number of carbonyl (C=O) groups excluding carboxylic acids is 4. The van der Waals surface area contributed by atoms with Crippen LogP contribution in [0.5, 0.6) is 0 Å². The summed E-state index contributed by atoms with van der Waals surface area (Å²) in [6.07, 6.45) is -1.15. The quantitative estimate of drug-likeness (QED) is 0.0410. The van der Waals surface area contributed by atoms with Crippen LogP contribution in [0.4, 0.5) is 0 Å². The second-order valence-corrected chi connectivity index (χ2v) is 7.39. The summed E-state index contributed by atoms with van der Waals surface area (Å²) in [6, 6.07) is -5.69. The largest absolute Gasteiger partial charge is 0.481 e. The van der Waals surface area contributed by atoms with E-state index in [1.54, 1.807) is 0 Å². The number of guanidine groups is 1. The predicted molar refractivity (Wildman–Crippen MR) is 121 cm³/mol. The molecule has 0 saturated heterocycles. The third-order valence-electron chi connectivity index (χ3n) is 4.15. The molecule has 0 bridgehead atoms. The minimum Gasteiger partial charge on any atom is -0.481 e. The number of amides is 4. The molecule has 0 radical (unpaired) electrons. The summed E-state index contributed by atoms with van der Waals surface area (Å²) in [7, 11) is 0. The fourth-order valence-corrected chi connectivity index (χ4v) is 2.73. The maximum atomic E-state index is 12.8. The number of nitrogens with zero attached hydrogens (tertiary/aromatic N) is 1. The van der Waals surface area contributed by atoms with Gasteiger partial charge in [0.25, 0.3) is 0 Å². The molecular weight excluding hydrogens is 476 g/mol. The lowest BCUT2D eigenvalue weighted by molar-refractivity contribution is -0.147. The Morgan fingerprint density at radius 1 is 0.824 bits per heavy atom. The normalized spacial score (nSPS) is 13.9. The molecule has 0 aliphatic carbocycles. The van der Waals surface area contributed by atoms with Gasteiger partial charge in [-0.15, -0.1) is 0 Å². The minimum absolute atomic E-state index is 0.00464. The smallest absolute Gasteiger partial charge is 0.326 e. The van der Waals surface area contributed by atoms with E-state index >= 15 is 0 Å². The predicted octanol–water partition coefficient (Wildman–Crippen LogP) is -4.81. The Morgan fingerprint density at radius 2 is 1.35 bits per heavy atom. The average Bonchev–Trinajstić information content (AvgIpc) is 2.71. The number of carbonyl (C=O) groups is 6. The van der Waals surface area contributed by atoms with Crippen LogP contribution in [0.1, 0.15) is 25.7 Å². The van der Waals surface area contributed by atoms with Crippen LogP contribution < -0.4 is 38.9 Å². The second-order valence-electron chi connectivity index (χ2n) is 7.03. The highest BCUT2D eigenvalue weighted by Gasteiger charge is 2.30. The third-order valence-corrected chi connectivity index (χ3v) is 4.51. The van der Waals surface area contributed by atoms with Gasteiger partial charge < -0.3 is 49.1 Å². The number of thiol groups is 1. The fourth-order valence-electron chi connectivity index (χ4n) is 2.47. The van der Waals surface area contributed by atoms with Crippen molar-refractivity contribution in [2.24, 2.45) is 27.9 Å². The highest BCUT2D eigenvalue weighted by Crippen LogP contribution is 2.03. The average molecular weight is 507 g/mol. The maximum absolute atomic E-state index is 12.8. The zero-order chi connectivity index (χ0) is 26.4. The molecule has 0 fully saturated rings. The molecule has 4 atom stereocenters. The van der Waals surface area contributed by atoms with Crippen molar-refractivity contribution < 1.29 is 39.0 Å². The van der Waals surface area contributed by atoms with Crippen molar-refractivity contribution in [3.63, 3.8) is 0 Å². The summed E-state index contributed by atoms with van der Waals surface area (Å²) >= 11 is 3.95. The number of nitrogens with one attached hydrogen (secondary N) is 3. The standard InChI is InChI=1S/C17H30N8O8S/c18-7(4-11(19)26)13(29)23-8(2-1-3-22-17(20)21)14(30)25-10(6-34)15(31)24-9(16(32)33)5-12(27)28/h7-10,34H,1-6,18H2,(H2,19,26)(H,23,29)(H,24,31)(H,25,30)(H,27,28)(H,32,33)(H4,20,21,22). The molecule has 192 valence electrons. The summed E-state index contributed by atoms with van der Waals surface area (Å²) in [5.74, 6) is -7.08. The number of aliphatic carboxylic acids is 2. The highest BCUT2D eigenvalue weighted by atomic mass is 32.1. The third kappa shape index (κ3) is 12.4. The number of carboxylic acids is 2. The molecule has 0 aromatic heterocycles. The van der Waals surface area contributed by atoms with Gasteiger partial charge in [-0.3, -0.25) is 29.0 Å². The molecule has 0 aliphatic heterocycles. The zero-order valence-corrected chi connectivity index (χ0v) is 19.0. The van der Waals surface area contributed by atoms with E-state index in [4.69, 9.17) is 33.1 Å². The minimum atomic E-state index is -1.74. The molecule has 4 amide bonds. The molecule has 4 unspecified atom stereocenters. The van der Waals surface area contributed by atoms with Crippen molar-refractivity contribution in [1.29, 1.82) is 0 Å². The molecule has 13 N–H and O–H groups in total. The molecule has 0 rings (SSSR count). The molecule has 16 nitrogen and oxygen atoms in total. The van der Waals surface area contributed by atoms with Gasteiger partial charge in [-0.05, 0) is 12.8 Å². The maximum Gasteiger partial charge on any atom is 0.326 e. The first-order valence-electron chi connectivity index (χ1n) is 9.84. The molecule has 0 heterocycles. The van der Waals surface area contributed by atoms with Crippen LogP contribution in [0.3, 0.4) is 0 Å². The Balaban J connectivity index is 5.39. The van der Waals surface area contributed by atoms with Gasteiger partial charge in [0.2, 0.25) is 23.6 Å². The molecule has 0 aromatic carbocycles. The number of nitrogens with two attached hydrogens (primary N) is 4. The van der Waals surface area contributed by atoms with Gasteiger partial charge in [0.15, 0.2) is 5.96 Å². The van der Waals surface area contributed by atoms with Gasteiger partial charge in [0.1, 0.15) is 18.1 Å². The lowest BCUT2D eigenvalue weighted by Gasteiger charge is -2.24. The van der Waals surface area contributed by atoms with Crippen molar-refractivity contribution >= 4 is 54.2 Å². The van der Waals surface area contributed by atoms with Gasteiger partial charge in [-0.25, -0.2) is 4.79 Å². The second kappa shape index (κ2) is 15.3. The van der Waals surface area contributed by atoms with Crippen molar-refractivity contribution in [1.82, 2.24) is 16.0 Å². The van der Waals surface area contributed by atoms with Crippen molar-refractivity contribution in [3.05, 3.63) is 0 Å². The monoisotopic (exact) mass is 506 g/mol. The summed E-state index contributed by atoms with van der Waals surface area (Å²) in [4.78, 5) is 74.1. The molecule has 0 saturated carbocycles. The lowest BCUT2D eigenvalue weighted by atomic mass is 10.1. The summed E-state index contributed by atoms with van der Waals surface area (Å²) in [5.41, 5.74) is 21.1. The van der Waals surface area contributed by atoms with Crippen LogP contribution in [0.25, 0.3) is 0 Å². The van der Waals surface area contributed by atoms with E-state index in [9.17, 15) is 28.8 Å². The van der Waals surface area contributed by atoms with Crippen molar-refractivity contribution in [2.75, 3.05) is 12.3 Å². The van der Waals surface area contributed by atoms with Gasteiger partial charge in [0.05, 0.1) is 18.9 Å². The van der Waals surface area contributed by atoms with Crippen LogP contribution in [0.15, 0.2) is 4.99 Å². The number of primary amides is 1. The molecule has 0 aromatic rings. The Bertz CT molecular complexity index is 804. The zero-order valence-electron chi connectivity index (χ0n) is 18.1. The van der Waals surface area contributed by atoms with Gasteiger partial charge in [0, 0.05) is 12.3 Å². The molecular formula is C17H30N8O8S. The van der Waals surface area contributed by atoms with E-state index in [-0.39, 0.29) is 31.1 Å². The number of hydrogen-bond donors (Lipinski definition) is 10. The highest BCUT2D eigenvalue weighted by molar-refractivity contribution is 7.80. The molecule has 0 spiro atoms. The van der Waals surface area contributed by atoms with Gasteiger partial charge in [-0.2, -0.15) is 12.6 Å². The Labute approximate surface area is 199 Å². The topological polar surface area (TPSA) is 295 Å². The summed E-state index contributed by atoms with van der Waals surface area (Å²) < 4.78 is 0. The van der Waals surface area contributed by atoms with E-state index in [0.717, 1.165) is 0 Å². The molecule has 34 heavy (non-hydrogen) atoms. The summed E-state index contributed by atoms with van der Waals surface area (Å²) in [6.45, 7) is 0.112. The van der Waals surface area contributed by atoms with Crippen LogP contribution in [0.2, 0.25) is 0 Å². The van der Waals surface area contributed by atoms with Crippen LogP contribution in [0, 0.1) is 0 Å². The van der Waals surface area contributed by atoms with E-state index in [0.29, 0.717) is 0 Å². The molecule has 0 aliphatic rings. The van der Waals surface area contributed by atoms with E-state index in [2.05, 4.69) is 28.3 Å². The first kappa shape index (κ1) is 30.4.